The summed E-state index contributed by atoms with van der Waals surface area (Å²) < 4.78 is 0. The van der Waals surface area contributed by atoms with E-state index in [4.69, 9.17) is 0 Å². The molecular weight excluding hydrogens is 320 g/mol. The highest BCUT2D eigenvalue weighted by molar-refractivity contribution is 7.14. The summed E-state index contributed by atoms with van der Waals surface area (Å²) in [6.07, 6.45) is 6.00. The SMILES string of the molecule is Cc1csc(N(C(=O)C2CCCN(c3ccccn3)C2)C2CC2)n1. The van der Waals surface area contributed by atoms with Gasteiger partial charge in [0.25, 0.3) is 0 Å². The molecule has 6 heteroatoms. The quantitative estimate of drug-likeness (QED) is 0.856. The van der Waals surface area contributed by atoms with Crippen LogP contribution < -0.4 is 9.80 Å². The molecule has 2 aromatic heterocycles. The van der Waals surface area contributed by atoms with Crippen LogP contribution in [-0.2, 0) is 4.79 Å². The van der Waals surface area contributed by atoms with Crippen LogP contribution in [0.25, 0.3) is 0 Å². The Morgan fingerprint density at radius 2 is 2.21 bits per heavy atom. The Morgan fingerprint density at radius 1 is 1.33 bits per heavy atom. The number of carbonyl (C=O) groups is 1. The van der Waals surface area contributed by atoms with Crippen molar-refractivity contribution in [2.75, 3.05) is 22.9 Å². The van der Waals surface area contributed by atoms with Crippen LogP contribution in [0.5, 0.6) is 0 Å². The van der Waals surface area contributed by atoms with Crippen LogP contribution in [0.4, 0.5) is 10.9 Å². The summed E-state index contributed by atoms with van der Waals surface area (Å²) in [6.45, 7) is 3.71. The van der Waals surface area contributed by atoms with E-state index >= 15 is 0 Å². The number of hydrogen-bond donors (Lipinski definition) is 0. The number of thiazole rings is 1. The molecule has 0 radical (unpaired) electrons. The molecule has 4 rings (SSSR count). The average molecular weight is 342 g/mol. The third-order valence-electron chi connectivity index (χ3n) is 4.71. The molecule has 1 aliphatic heterocycles. The Kier molecular flexibility index (Phi) is 4.22. The van der Waals surface area contributed by atoms with Crippen LogP contribution in [0.15, 0.2) is 29.8 Å². The lowest BCUT2D eigenvalue weighted by Gasteiger charge is -2.35. The zero-order valence-electron chi connectivity index (χ0n) is 13.9. The van der Waals surface area contributed by atoms with Crippen LogP contribution >= 0.6 is 11.3 Å². The van der Waals surface area contributed by atoms with Gasteiger partial charge >= 0.3 is 0 Å². The molecule has 24 heavy (non-hydrogen) atoms. The van der Waals surface area contributed by atoms with Crippen molar-refractivity contribution in [3.8, 4) is 0 Å². The van der Waals surface area contributed by atoms with Crippen LogP contribution in [0.3, 0.4) is 0 Å². The Hall–Kier alpha value is -1.95. The molecule has 0 aromatic carbocycles. The molecule has 2 aromatic rings. The van der Waals surface area contributed by atoms with Crippen LogP contribution in [-0.4, -0.2) is 35.0 Å². The number of carbonyl (C=O) groups excluding carboxylic acids is 1. The third kappa shape index (κ3) is 3.15. The van der Waals surface area contributed by atoms with E-state index < -0.39 is 0 Å². The monoisotopic (exact) mass is 342 g/mol. The maximum absolute atomic E-state index is 13.2. The fourth-order valence-corrected chi connectivity index (χ4v) is 4.22. The summed E-state index contributed by atoms with van der Waals surface area (Å²) in [5.74, 6) is 1.25. The molecule has 2 aliphatic rings. The Labute approximate surface area is 146 Å². The number of rotatable bonds is 4. The van der Waals surface area contributed by atoms with Gasteiger partial charge in [0.05, 0.1) is 11.6 Å². The first-order valence-corrected chi connectivity index (χ1v) is 9.51. The van der Waals surface area contributed by atoms with Gasteiger partial charge in [-0.3, -0.25) is 9.69 Å². The molecule has 0 bridgehead atoms. The molecule has 2 fully saturated rings. The maximum atomic E-state index is 13.2. The van der Waals surface area contributed by atoms with E-state index in [9.17, 15) is 4.79 Å². The van der Waals surface area contributed by atoms with Gasteiger partial charge in [-0.1, -0.05) is 6.07 Å². The van der Waals surface area contributed by atoms with E-state index in [1.807, 2.05) is 41.6 Å². The topological polar surface area (TPSA) is 49.3 Å². The first-order valence-electron chi connectivity index (χ1n) is 8.63. The minimum absolute atomic E-state index is 0.0329. The van der Waals surface area contributed by atoms with Gasteiger partial charge < -0.3 is 4.90 Å². The largest absolute Gasteiger partial charge is 0.356 e. The van der Waals surface area contributed by atoms with Crippen LogP contribution in [0.1, 0.15) is 31.4 Å². The Bertz CT molecular complexity index is 713. The summed E-state index contributed by atoms with van der Waals surface area (Å²) in [6, 6.07) is 6.31. The second-order valence-electron chi connectivity index (χ2n) is 6.68. The Balaban J connectivity index is 1.52. The van der Waals surface area contributed by atoms with Crippen molar-refractivity contribution in [2.24, 2.45) is 5.92 Å². The fourth-order valence-electron chi connectivity index (χ4n) is 3.34. The highest BCUT2D eigenvalue weighted by atomic mass is 32.1. The first kappa shape index (κ1) is 15.6. The summed E-state index contributed by atoms with van der Waals surface area (Å²) in [5.41, 5.74) is 0.993. The molecule has 5 nitrogen and oxygen atoms in total. The normalized spacial score (nSPS) is 20.9. The van der Waals surface area contributed by atoms with E-state index in [1.54, 1.807) is 11.3 Å². The van der Waals surface area contributed by atoms with Crippen LogP contribution in [0.2, 0.25) is 0 Å². The van der Waals surface area contributed by atoms with Crippen molar-refractivity contribution in [3.63, 3.8) is 0 Å². The second-order valence-corrected chi connectivity index (χ2v) is 7.52. The van der Waals surface area contributed by atoms with Gasteiger partial charge in [0.15, 0.2) is 5.13 Å². The van der Waals surface area contributed by atoms with Crippen molar-refractivity contribution in [2.45, 2.75) is 38.6 Å². The number of nitrogens with zero attached hydrogens (tertiary/aromatic N) is 4. The van der Waals surface area contributed by atoms with E-state index in [-0.39, 0.29) is 11.8 Å². The molecule has 1 saturated carbocycles. The predicted molar refractivity (Wildman–Crippen MR) is 96.5 cm³/mol. The number of amides is 1. The summed E-state index contributed by atoms with van der Waals surface area (Å²) in [4.78, 5) is 26.4. The molecule has 1 aliphatic carbocycles. The van der Waals surface area contributed by atoms with E-state index in [0.29, 0.717) is 6.04 Å². The lowest BCUT2D eigenvalue weighted by Crippen LogP contribution is -2.46. The number of aromatic nitrogens is 2. The third-order valence-corrected chi connectivity index (χ3v) is 5.66. The molecule has 3 heterocycles. The minimum atomic E-state index is 0.0329. The van der Waals surface area contributed by atoms with Crippen molar-refractivity contribution in [1.82, 2.24) is 9.97 Å². The number of anilines is 2. The van der Waals surface area contributed by atoms with Gasteiger partial charge in [0.2, 0.25) is 5.91 Å². The highest BCUT2D eigenvalue weighted by Gasteiger charge is 2.39. The van der Waals surface area contributed by atoms with Gasteiger partial charge in [-0.15, -0.1) is 11.3 Å². The zero-order valence-corrected chi connectivity index (χ0v) is 14.7. The lowest BCUT2D eigenvalue weighted by molar-refractivity contribution is -0.122. The maximum Gasteiger partial charge on any atom is 0.233 e. The van der Waals surface area contributed by atoms with Gasteiger partial charge in [0.1, 0.15) is 5.82 Å². The van der Waals surface area contributed by atoms with Crippen molar-refractivity contribution in [1.29, 1.82) is 0 Å². The average Bonchev–Trinajstić information content (AvgIpc) is 3.37. The smallest absolute Gasteiger partial charge is 0.233 e. The second kappa shape index (κ2) is 6.51. The number of pyridine rings is 1. The summed E-state index contributed by atoms with van der Waals surface area (Å²) >= 11 is 1.58. The first-order chi connectivity index (χ1) is 11.7. The molecule has 0 N–H and O–H groups in total. The van der Waals surface area contributed by atoms with Crippen molar-refractivity contribution < 1.29 is 4.79 Å². The fraction of sp³-hybridized carbons (Fsp3) is 0.500. The molecule has 1 saturated heterocycles. The van der Waals surface area contributed by atoms with Gasteiger partial charge in [0, 0.05) is 30.7 Å². The zero-order chi connectivity index (χ0) is 16.5. The van der Waals surface area contributed by atoms with Gasteiger partial charge in [-0.05, 0) is 44.7 Å². The highest BCUT2D eigenvalue weighted by Crippen LogP contribution is 2.36. The minimum Gasteiger partial charge on any atom is -0.356 e. The van der Waals surface area contributed by atoms with Crippen molar-refractivity contribution >= 4 is 28.2 Å². The van der Waals surface area contributed by atoms with Gasteiger partial charge in [-0.25, -0.2) is 9.97 Å². The number of aryl methyl sites for hydroxylation is 1. The van der Waals surface area contributed by atoms with E-state index in [2.05, 4.69) is 14.9 Å². The summed E-state index contributed by atoms with van der Waals surface area (Å²) in [7, 11) is 0. The standard InChI is InChI=1S/C18H22N4OS/c1-13-12-24-18(20-13)22(15-7-8-15)17(23)14-5-4-10-21(11-14)16-6-2-3-9-19-16/h2-3,6,9,12,14-15H,4-5,7-8,10-11H2,1H3. The van der Waals surface area contributed by atoms with Crippen molar-refractivity contribution in [3.05, 3.63) is 35.5 Å². The van der Waals surface area contributed by atoms with Gasteiger partial charge in [-0.2, -0.15) is 0 Å². The molecular formula is C18H22N4OS. The molecule has 0 spiro atoms. The molecule has 1 amide bonds. The number of hydrogen-bond acceptors (Lipinski definition) is 5. The predicted octanol–water partition coefficient (Wildman–Crippen LogP) is 3.26. The number of piperidine rings is 1. The van der Waals surface area contributed by atoms with Crippen LogP contribution in [0, 0.1) is 12.8 Å². The molecule has 1 unspecified atom stereocenters. The summed E-state index contributed by atoms with van der Waals surface area (Å²) in [5, 5.41) is 2.90. The lowest BCUT2D eigenvalue weighted by atomic mass is 9.96. The Morgan fingerprint density at radius 3 is 2.88 bits per heavy atom. The molecule has 1 atom stereocenters. The van der Waals surface area contributed by atoms with E-state index in [1.165, 1.54) is 0 Å². The molecule has 126 valence electrons. The van der Waals surface area contributed by atoms with E-state index in [0.717, 1.165) is 55.4 Å².